The van der Waals surface area contributed by atoms with E-state index in [9.17, 15) is 9.59 Å². The molecule has 1 aliphatic rings. The third kappa shape index (κ3) is 3.88. The number of ether oxygens (including phenoxy) is 1. The first-order chi connectivity index (χ1) is 12.1. The van der Waals surface area contributed by atoms with Gasteiger partial charge >= 0.3 is 5.97 Å². The number of hydrogen-bond acceptors (Lipinski definition) is 5. The van der Waals surface area contributed by atoms with E-state index >= 15 is 0 Å². The Morgan fingerprint density at radius 1 is 1.36 bits per heavy atom. The van der Waals surface area contributed by atoms with E-state index in [0.29, 0.717) is 12.2 Å². The Balaban J connectivity index is 1.89. The molecule has 2 heterocycles. The van der Waals surface area contributed by atoms with Crippen LogP contribution in [0, 0.1) is 0 Å². The highest BCUT2D eigenvalue weighted by atomic mass is 32.1. The Bertz CT molecular complexity index is 801. The lowest BCUT2D eigenvalue weighted by Gasteiger charge is -2.22. The molecule has 130 valence electrons. The Labute approximate surface area is 149 Å². The van der Waals surface area contributed by atoms with Gasteiger partial charge in [0.15, 0.2) is 0 Å². The van der Waals surface area contributed by atoms with Gasteiger partial charge in [-0.05, 0) is 34.5 Å². The van der Waals surface area contributed by atoms with Gasteiger partial charge in [-0.2, -0.15) is 16.4 Å². The van der Waals surface area contributed by atoms with Gasteiger partial charge in [-0.1, -0.05) is 12.1 Å². The predicted octanol–water partition coefficient (Wildman–Crippen LogP) is 3.30. The molecule has 0 saturated carbocycles. The van der Waals surface area contributed by atoms with Crippen molar-refractivity contribution < 1.29 is 19.4 Å². The molecule has 0 radical (unpaired) electrons. The van der Waals surface area contributed by atoms with Gasteiger partial charge in [0.25, 0.3) is 0 Å². The number of benzene rings is 1. The SMILES string of the molecule is COc1cccc([C@H]2CC(c3ccsc3)=NN2C(=O)CCC(=O)O)c1. The fraction of sp³-hybridized carbons (Fsp3) is 0.278. The van der Waals surface area contributed by atoms with E-state index in [4.69, 9.17) is 9.84 Å². The van der Waals surface area contributed by atoms with Crippen molar-refractivity contribution in [3.8, 4) is 5.75 Å². The number of carbonyl (C=O) groups excluding carboxylic acids is 1. The fourth-order valence-corrected chi connectivity index (χ4v) is 3.45. The molecule has 0 bridgehead atoms. The predicted molar refractivity (Wildman–Crippen MR) is 94.9 cm³/mol. The summed E-state index contributed by atoms with van der Waals surface area (Å²) >= 11 is 1.57. The van der Waals surface area contributed by atoms with Crippen molar-refractivity contribution in [2.24, 2.45) is 5.10 Å². The number of hydrazone groups is 1. The largest absolute Gasteiger partial charge is 0.497 e. The number of nitrogens with zero attached hydrogens (tertiary/aromatic N) is 2. The molecule has 1 aliphatic heterocycles. The first-order valence-corrected chi connectivity index (χ1v) is 8.80. The van der Waals surface area contributed by atoms with E-state index < -0.39 is 5.97 Å². The first-order valence-electron chi connectivity index (χ1n) is 7.86. The van der Waals surface area contributed by atoms with Crippen LogP contribution in [0.25, 0.3) is 0 Å². The van der Waals surface area contributed by atoms with E-state index in [0.717, 1.165) is 16.8 Å². The Morgan fingerprint density at radius 3 is 2.88 bits per heavy atom. The van der Waals surface area contributed by atoms with Crippen molar-refractivity contribution in [3.63, 3.8) is 0 Å². The molecule has 0 fully saturated rings. The standard InChI is InChI=1S/C18H18N2O4S/c1-24-14-4-2-3-12(9-14)16-10-15(13-7-8-25-11-13)19-20(16)17(21)5-6-18(22)23/h2-4,7-9,11,16H,5-6,10H2,1H3,(H,22,23)/t16-/m1/s1. The van der Waals surface area contributed by atoms with Crippen LogP contribution in [0.1, 0.15) is 36.4 Å². The molecule has 1 N–H and O–H groups in total. The molecule has 25 heavy (non-hydrogen) atoms. The average molecular weight is 358 g/mol. The highest BCUT2D eigenvalue weighted by Gasteiger charge is 2.33. The van der Waals surface area contributed by atoms with E-state index in [1.165, 1.54) is 5.01 Å². The van der Waals surface area contributed by atoms with Crippen LogP contribution in [0.3, 0.4) is 0 Å². The number of amides is 1. The summed E-state index contributed by atoms with van der Waals surface area (Å²) in [5.41, 5.74) is 2.74. The van der Waals surface area contributed by atoms with Crippen molar-refractivity contribution in [1.82, 2.24) is 5.01 Å². The minimum atomic E-state index is -0.993. The molecule has 0 unspecified atom stereocenters. The van der Waals surface area contributed by atoms with Gasteiger partial charge < -0.3 is 9.84 Å². The summed E-state index contributed by atoms with van der Waals surface area (Å²) in [7, 11) is 1.59. The number of aliphatic carboxylic acids is 1. The van der Waals surface area contributed by atoms with Gasteiger partial charge in [-0.15, -0.1) is 0 Å². The molecular formula is C18H18N2O4S. The second-order valence-corrected chi connectivity index (χ2v) is 6.47. The molecule has 0 saturated heterocycles. The van der Waals surface area contributed by atoms with Crippen LogP contribution in [0.4, 0.5) is 0 Å². The quantitative estimate of drug-likeness (QED) is 0.859. The number of hydrogen-bond donors (Lipinski definition) is 1. The summed E-state index contributed by atoms with van der Waals surface area (Å²) < 4.78 is 5.27. The number of thiophene rings is 1. The molecule has 7 heteroatoms. The molecule has 1 aromatic heterocycles. The summed E-state index contributed by atoms with van der Waals surface area (Å²) in [6, 6.07) is 9.24. The average Bonchev–Trinajstić information content (AvgIpc) is 3.28. The van der Waals surface area contributed by atoms with Crippen molar-refractivity contribution in [2.45, 2.75) is 25.3 Å². The number of carboxylic acids is 1. The second kappa shape index (κ2) is 7.48. The summed E-state index contributed by atoms with van der Waals surface area (Å²) in [5.74, 6) is -0.576. The van der Waals surface area contributed by atoms with Crippen molar-refractivity contribution in [1.29, 1.82) is 0 Å². The molecule has 0 spiro atoms. The van der Waals surface area contributed by atoms with Crippen LogP contribution in [0.5, 0.6) is 5.75 Å². The number of carbonyl (C=O) groups is 2. The Hall–Kier alpha value is -2.67. The topological polar surface area (TPSA) is 79.2 Å². The lowest BCUT2D eigenvalue weighted by atomic mass is 9.99. The maximum atomic E-state index is 12.5. The van der Waals surface area contributed by atoms with Crippen LogP contribution in [0.2, 0.25) is 0 Å². The van der Waals surface area contributed by atoms with Crippen LogP contribution in [-0.2, 0) is 9.59 Å². The van der Waals surface area contributed by atoms with Gasteiger partial charge in [-0.25, -0.2) is 5.01 Å². The number of rotatable bonds is 6. The molecule has 1 amide bonds. The zero-order valence-corrected chi connectivity index (χ0v) is 14.5. The van der Waals surface area contributed by atoms with Gasteiger partial charge in [0.05, 0.1) is 25.3 Å². The number of carboxylic acid groups (broad SMARTS) is 1. The van der Waals surface area contributed by atoms with Crippen LogP contribution in [0.15, 0.2) is 46.2 Å². The molecular weight excluding hydrogens is 340 g/mol. The molecule has 6 nitrogen and oxygen atoms in total. The molecule has 2 aromatic rings. The summed E-state index contributed by atoms with van der Waals surface area (Å²) in [5, 5.41) is 18.7. The fourth-order valence-electron chi connectivity index (χ4n) is 2.78. The van der Waals surface area contributed by atoms with Gasteiger partial charge in [0.2, 0.25) is 5.91 Å². The minimum Gasteiger partial charge on any atom is -0.497 e. The normalized spacial score (nSPS) is 16.6. The zero-order valence-electron chi connectivity index (χ0n) is 13.7. The monoisotopic (exact) mass is 358 g/mol. The van der Waals surface area contributed by atoms with E-state index in [2.05, 4.69) is 5.10 Å². The molecule has 1 aromatic carbocycles. The summed E-state index contributed by atoms with van der Waals surface area (Å²) in [4.78, 5) is 23.3. The maximum absolute atomic E-state index is 12.5. The number of methoxy groups -OCH3 is 1. The van der Waals surface area contributed by atoms with Gasteiger partial charge in [-0.3, -0.25) is 9.59 Å². The third-order valence-corrected chi connectivity index (χ3v) is 4.73. The van der Waals surface area contributed by atoms with Crippen LogP contribution < -0.4 is 4.74 Å². The van der Waals surface area contributed by atoms with E-state index in [-0.39, 0.29) is 24.8 Å². The minimum absolute atomic E-state index is 0.0732. The van der Waals surface area contributed by atoms with E-state index in [1.807, 2.05) is 41.1 Å². The maximum Gasteiger partial charge on any atom is 0.303 e. The van der Waals surface area contributed by atoms with Crippen molar-refractivity contribution in [2.75, 3.05) is 7.11 Å². The highest BCUT2D eigenvalue weighted by Crippen LogP contribution is 2.35. The zero-order chi connectivity index (χ0) is 17.8. The van der Waals surface area contributed by atoms with Gasteiger partial charge in [0.1, 0.15) is 5.75 Å². The molecule has 1 atom stereocenters. The Kier molecular flexibility index (Phi) is 5.14. The van der Waals surface area contributed by atoms with Crippen molar-refractivity contribution in [3.05, 3.63) is 52.2 Å². The lowest BCUT2D eigenvalue weighted by molar-refractivity contribution is -0.141. The van der Waals surface area contributed by atoms with E-state index in [1.54, 1.807) is 18.4 Å². The smallest absolute Gasteiger partial charge is 0.303 e. The van der Waals surface area contributed by atoms with Crippen LogP contribution in [-0.4, -0.2) is 34.8 Å². The summed E-state index contributed by atoms with van der Waals surface area (Å²) in [6.45, 7) is 0. The summed E-state index contributed by atoms with van der Waals surface area (Å²) in [6.07, 6.45) is 0.308. The molecule has 3 rings (SSSR count). The van der Waals surface area contributed by atoms with Crippen molar-refractivity contribution >= 4 is 28.9 Å². The third-order valence-electron chi connectivity index (χ3n) is 4.05. The first kappa shape index (κ1) is 17.2. The van der Waals surface area contributed by atoms with Gasteiger partial charge in [0, 0.05) is 18.4 Å². The highest BCUT2D eigenvalue weighted by molar-refractivity contribution is 7.08. The molecule has 0 aliphatic carbocycles. The second-order valence-electron chi connectivity index (χ2n) is 5.69. The Morgan fingerprint density at radius 2 is 2.20 bits per heavy atom. The van der Waals surface area contributed by atoms with Crippen LogP contribution >= 0.6 is 11.3 Å². The lowest BCUT2D eigenvalue weighted by Crippen LogP contribution is -2.27.